The zero-order valence-corrected chi connectivity index (χ0v) is 11.7. The molecule has 0 bridgehead atoms. The molecule has 3 atom stereocenters. The Morgan fingerprint density at radius 1 is 1.22 bits per heavy atom. The standard InChI is InChI=1S/C14H23NO3/c1-8(2)12-13(17)15-11(16)7-14(12)5-9(3)18-10(4)6-14/h8-10,12H,5-7H2,1-4H3,(H,15,16,17). The molecule has 0 radical (unpaired) electrons. The highest BCUT2D eigenvalue weighted by Crippen LogP contribution is 2.49. The van der Waals surface area contributed by atoms with E-state index >= 15 is 0 Å². The van der Waals surface area contributed by atoms with Crippen molar-refractivity contribution in [1.29, 1.82) is 0 Å². The Morgan fingerprint density at radius 2 is 1.78 bits per heavy atom. The van der Waals surface area contributed by atoms with Crippen molar-refractivity contribution >= 4 is 11.8 Å². The van der Waals surface area contributed by atoms with E-state index in [4.69, 9.17) is 4.74 Å². The van der Waals surface area contributed by atoms with Crippen LogP contribution in [0, 0.1) is 17.3 Å². The number of carbonyl (C=O) groups is 2. The fourth-order valence-electron chi connectivity index (χ4n) is 4.10. The Kier molecular flexibility index (Phi) is 3.49. The molecule has 1 N–H and O–H groups in total. The van der Waals surface area contributed by atoms with Crippen LogP contribution in [-0.2, 0) is 14.3 Å². The Bertz CT molecular complexity index is 354. The highest BCUT2D eigenvalue weighted by molar-refractivity contribution is 5.99. The SMILES string of the molecule is CC1CC2(CC(=O)NC(=O)C2C(C)C)CC(C)O1. The fraction of sp³-hybridized carbons (Fsp3) is 0.857. The van der Waals surface area contributed by atoms with Gasteiger partial charge in [0.15, 0.2) is 0 Å². The number of imide groups is 1. The molecule has 3 unspecified atom stereocenters. The normalized spacial score (nSPS) is 41.3. The summed E-state index contributed by atoms with van der Waals surface area (Å²) >= 11 is 0. The number of piperidine rings is 1. The van der Waals surface area contributed by atoms with Gasteiger partial charge in [0.05, 0.1) is 12.2 Å². The van der Waals surface area contributed by atoms with Gasteiger partial charge in [-0.2, -0.15) is 0 Å². The van der Waals surface area contributed by atoms with Crippen LogP contribution in [0.3, 0.4) is 0 Å². The van der Waals surface area contributed by atoms with Crippen LogP contribution in [0.25, 0.3) is 0 Å². The van der Waals surface area contributed by atoms with E-state index in [1.165, 1.54) is 0 Å². The summed E-state index contributed by atoms with van der Waals surface area (Å²) in [5.74, 6) is -0.0552. The van der Waals surface area contributed by atoms with Gasteiger partial charge in [-0.25, -0.2) is 0 Å². The number of amides is 2. The maximum absolute atomic E-state index is 12.2. The van der Waals surface area contributed by atoms with Gasteiger partial charge >= 0.3 is 0 Å². The Morgan fingerprint density at radius 3 is 2.28 bits per heavy atom. The van der Waals surface area contributed by atoms with Crippen LogP contribution in [0.2, 0.25) is 0 Å². The zero-order chi connectivity index (χ0) is 13.5. The van der Waals surface area contributed by atoms with Gasteiger partial charge in [-0.1, -0.05) is 13.8 Å². The van der Waals surface area contributed by atoms with Crippen molar-refractivity contribution in [3.8, 4) is 0 Å². The summed E-state index contributed by atoms with van der Waals surface area (Å²) < 4.78 is 5.77. The van der Waals surface area contributed by atoms with Crippen molar-refractivity contribution in [2.45, 2.75) is 59.2 Å². The summed E-state index contributed by atoms with van der Waals surface area (Å²) in [5.41, 5.74) is -0.204. The lowest BCUT2D eigenvalue weighted by Gasteiger charge is -2.50. The van der Waals surface area contributed by atoms with Crippen LogP contribution >= 0.6 is 0 Å². The minimum atomic E-state index is -0.204. The van der Waals surface area contributed by atoms with Gasteiger partial charge in [-0.15, -0.1) is 0 Å². The predicted molar refractivity (Wildman–Crippen MR) is 67.8 cm³/mol. The van der Waals surface area contributed by atoms with Crippen molar-refractivity contribution in [3.63, 3.8) is 0 Å². The molecule has 0 aromatic carbocycles. The Balaban J connectivity index is 2.35. The lowest BCUT2D eigenvalue weighted by Crippen LogP contribution is -2.57. The largest absolute Gasteiger partial charge is 0.376 e. The molecule has 2 saturated heterocycles. The van der Waals surface area contributed by atoms with E-state index < -0.39 is 0 Å². The maximum Gasteiger partial charge on any atom is 0.230 e. The highest BCUT2D eigenvalue weighted by Gasteiger charge is 2.52. The van der Waals surface area contributed by atoms with E-state index in [0.717, 1.165) is 12.8 Å². The van der Waals surface area contributed by atoms with Gasteiger partial charge < -0.3 is 4.74 Å². The molecular weight excluding hydrogens is 230 g/mol. The molecule has 4 nitrogen and oxygen atoms in total. The van der Waals surface area contributed by atoms with Crippen molar-refractivity contribution in [3.05, 3.63) is 0 Å². The molecule has 18 heavy (non-hydrogen) atoms. The van der Waals surface area contributed by atoms with Gasteiger partial charge in [-0.05, 0) is 38.0 Å². The van der Waals surface area contributed by atoms with Crippen LogP contribution in [0.15, 0.2) is 0 Å². The molecule has 0 saturated carbocycles. The summed E-state index contributed by atoms with van der Waals surface area (Å²) in [4.78, 5) is 23.9. The third kappa shape index (κ3) is 2.30. The molecule has 2 amide bonds. The summed E-state index contributed by atoms with van der Waals surface area (Å²) in [6.45, 7) is 8.19. The van der Waals surface area contributed by atoms with E-state index in [0.29, 0.717) is 6.42 Å². The lowest BCUT2D eigenvalue weighted by atomic mass is 9.60. The average molecular weight is 253 g/mol. The first-order valence-corrected chi connectivity index (χ1v) is 6.83. The van der Waals surface area contributed by atoms with Crippen molar-refractivity contribution in [2.24, 2.45) is 17.3 Å². The number of nitrogens with one attached hydrogen (secondary N) is 1. The van der Waals surface area contributed by atoms with Crippen molar-refractivity contribution in [1.82, 2.24) is 5.32 Å². The first-order chi connectivity index (χ1) is 8.34. The molecule has 2 rings (SSSR count). The number of hydrogen-bond acceptors (Lipinski definition) is 3. The monoisotopic (exact) mass is 253 g/mol. The second-order valence-electron chi connectivity index (χ2n) is 6.34. The lowest BCUT2D eigenvalue weighted by molar-refractivity contribution is -0.161. The summed E-state index contributed by atoms with van der Waals surface area (Å²) in [7, 11) is 0. The Labute approximate surface area is 108 Å². The zero-order valence-electron chi connectivity index (χ0n) is 11.7. The minimum absolute atomic E-state index is 0.0796. The maximum atomic E-state index is 12.2. The van der Waals surface area contributed by atoms with Crippen LogP contribution in [0.1, 0.15) is 47.0 Å². The molecule has 102 valence electrons. The quantitative estimate of drug-likeness (QED) is 0.726. The fourth-order valence-corrected chi connectivity index (χ4v) is 4.10. The number of carbonyl (C=O) groups excluding carboxylic acids is 2. The van der Waals surface area contributed by atoms with E-state index in [1.807, 2.05) is 13.8 Å². The smallest absolute Gasteiger partial charge is 0.230 e. The van der Waals surface area contributed by atoms with Crippen LogP contribution in [0.5, 0.6) is 0 Å². The number of rotatable bonds is 1. The molecule has 2 aliphatic rings. The third-order valence-corrected chi connectivity index (χ3v) is 4.24. The topological polar surface area (TPSA) is 55.4 Å². The van der Waals surface area contributed by atoms with Gasteiger partial charge in [0.2, 0.25) is 11.8 Å². The molecule has 2 aliphatic heterocycles. The molecular formula is C14H23NO3. The molecule has 1 spiro atoms. The second kappa shape index (κ2) is 4.65. The second-order valence-corrected chi connectivity index (χ2v) is 6.34. The van der Waals surface area contributed by atoms with E-state index in [2.05, 4.69) is 19.2 Å². The number of hydrogen-bond donors (Lipinski definition) is 1. The molecule has 0 aromatic heterocycles. The van der Waals surface area contributed by atoms with Gasteiger partial charge in [-0.3, -0.25) is 14.9 Å². The first kappa shape index (κ1) is 13.5. The summed E-state index contributed by atoms with van der Waals surface area (Å²) in [6, 6.07) is 0. The first-order valence-electron chi connectivity index (χ1n) is 6.83. The molecule has 4 heteroatoms. The predicted octanol–water partition coefficient (Wildman–Crippen LogP) is 1.88. The Hall–Kier alpha value is -0.900. The summed E-state index contributed by atoms with van der Waals surface area (Å²) in [5, 5.41) is 2.49. The van der Waals surface area contributed by atoms with E-state index in [9.17, 15) is 9.59 Å². The number of ether oxygens (including phenoxy) is 1. The van der Waals surface area contributed by atoms with E-state index in [1.54, 1.807) is 0 Å². The van der Waals surface area contributed by atoms with Gasteiger partial charge in [0.1, 0.15) is 0 Å². The van der Waals surface area contributed by atoms with Crippen molar-refractivity contribution < 1.29 is 14.3 Å². The van der Waals surface area contributed by atoms with Crippen LogP contribution < -0.4 is 5.32 Å². The van der Waals surface area contributed by atoms with Crippen LogP contribution in [0.4, 0.5) is 0 Å². The average Bonchev–Trinajstić information content (AvgIpc) is 2.11. The molecule has 0 aliphatic carbocycles. The third-order valence-electron chi connectivity index (χ3n) is 4.24. The minimum Gasteiger partial charge on any atom is -0.376 e. The highest BCUT2D eigenvalue weighted by atomic mass is 16.5. The van der Waals surface area contributed by atoms with Crippen molar-refractivity contribution in [2.75, 3.05) is 0 Å². The molecule has 2 fully saturated rings. The molecule has 2 heterocycles. The van der Waals surface area contributed by atoms with E-state index in [-0.39, 0.29) is 41.3 Å². The van der Waals surface area contributed by atoms with Gasteiger partial charge in [0, 0.05) is 12.3 Å². The summed E-state index contributed by atoms with van der Waals surface area (Å²) in [6.07, 6.45) is 2.31. The van der Waals surface area contributed by atoms with Crippen LogP contribution in [-0.4, -0.2) is 24.0 Å². The molecule has 0 aromatic rings. The van der Waals surface area contributed by atoms with Gasteiger partial charge in [0.25, 0.3) is 0 Å².